The van der Waals surface area contributed by atoms with Crippen molar-refractivity contribution in [2.75, 3.05) is 19.3 Å². The van der Waals surface area contributed by atoms with Crippen molar-refractivity contribution in [2.45, 2.75) is 6.42 Å². The van der Waals surface area contributed by atoms with Crippen molar-refractivity contribution in [3.63, 3.8) is 0 Å². The summed E-state index contributed by atoms with van der Waals surface area (Å²) < 4.78 is 24.1. The van der Waals surface area contributed by atoms with E-state index >= 15 is 0 Å². The summed E-state index contributed by atoms with van der Waals surface area (Å²) in [5.74, 6) is 0. The number of benzene rings is 1. The molecule has 1 aliphatic heterocycles. The summed E-state index contributed by atoms with van der Waals surface area (Å²) in [6, 6.07) is 10.7. The molecule has 0 unspecified atom stereocenters. The minimum atomic E-state index is -3.05. The van der Waals surface area contributed by atoms with E-state index in [2.05, 4.69) is 6.07 Å². The Balaban J connectivity index is 0.00000144. The van der Waals surface area contributed by atoms with Gasteiger partial charge in [0.2, 0.25) is 10.0 Å². The Morgan fingerprint density at radius 1 is 1.29 bits per heavy atom. The molecule has 1 aliphatic rings. The first-order valence-corrected chi connectivity index (χ1v) is 7.03. The van der Waals surface area contributed by atoms with E-state index in [9.17, 15) is 8.42 Å². The van der Waals surface area contributed by atoms with Gasteiger partial charge in [0.05, 0.1) is 6.26 Å². The zero-order chi connectivity index (χ0) is 11.6. The van der Waals surface area contributed by atoms with E-state index in [-0.39, 0.29) is 32.7 Å². The molecular weight excluding hydrogens is 311 g/mol. The fourth-order valence-electron chi connectivity index (χ4n) is 1.81. The van der Waals surface area contributed by atoms with Crippen LogP contribution in [0.15, 0.2) is 30.3 Å². The third kappa shape index (κ3) is 3.99. The quantitative estimate of drug-likeness (QED) is 0.774. The van der Waals surface area contributed by atoms with Crippen LogP contribution < -0.4 is 0 Å². The fraction of sp³-hybridized carbons (Fsp3) is 0.333. The number of nitrogens with zero attached hydrogens (tertiary/aromatic N) is 1. The maximum absolute atomic E-state index is 11.3. The monoisotopic (exact) mass is 325 g/mol. The average Bonchev–Trinajstić information content (AvgIpc) is 2.29. The van der Waals surface area contributed by atoms with Gasteiger partial charge in [0.25, 0.3) is 0 Å². The first-order chi connectivity index (χ1) is 7.57. The van der Waals surface area contributed by atoms with Crippen LogP contribution in [-0.4, -0.2) is 32.1 Å². The van der Waals surface area contributed by atoms with E-state index in [1.165, 1.54) is 16.1 Å². The molecule has 0 saturated carbocycles. The van der Waals surface area contributed by atoms with Gasteiger partial charge < -0.3 is 0 Å². The molecule has 1 heterocycles. The predicted molar refractivity (Wildman–Crippen MR) is 64.3 cm³/mol. The summed E-state index contributed by atoms with van der Waals surface area (Å²) in [5.41, 5.74) is 2.38. The molecule has 89 valence electrons. The summed E-state index contributed by atoms with van der Waals surface area (Å²) >= 11 is 0. The summed E-state index contributed by atoms with van der Waals surface area (Å²) in [6.45, 7) is 1.05. The molecule has 1 aromatic rings. The molecule has 3 nitrogen and oxygen atoms in total. The molecule has 17 heavy (non-hydrogen) atoms. The second-order valence-electron chi connectivity index (χ2n) is 3.89. The molecule has 1 aromatic carbocycles. The van der Waals surface area contributed by atoms with E-state index in [1.54, 1.807) is 0 Å². The van der Waals surface area contributed by atoms with Crippen molar-refractivity contribution in [2.24, 2.45) is 0 Å². The SMILES string of the molecule is CS(=O)(=O)N1CC=C(c2cc[c-]cc2)CC1.[Y]. The van der Waals surface area contributed by atoms with E-state index in [1.807, 2.05) is 30.3 Å². The number of hydrogen-bond acceptors (Lipinski definition) is 2. The predicted octanol–water partition coefficient (Wildman–Crippen LogP) is 1.53. The minimum Gasteiger partial charge on any atom is -0.212 e. The normalized spacial score (nSPS) is 17.1. The second-order valence-corrected chi connectivity index (χ2v) is 5.87. The zero-order valence-electron chi connectivity index (χ0n) is 9.76. The van der Waals surface area contributed by atoms with Crippen LogP contribution in [0.4, 0.5) is 0 Å². The van der Waals surface area contributed by atoms with Gasteiger partial charge in [0.1, 0.15) is 0 Å². The van der Waals surface area contributed by atoms with Crippen LogP contribution >= 0.6 is 0 Å². The van der Waals surface area contributed by atoms with Gasteiger partial charge in [-0.15, -0.1) is 5.56 Å². The molecule has 0 spiro atoms. The van der Waals surface area contributed by atoms with Gasteiger partial charge in [-0.05, 0) is 6.42 Å². The van der Waals surface area contributed by atoms with Crippen molar-refractivity contribution >= 4 is 15.6 Å². The van der Waals surface area contributed by atoms with E-state index < -0.39 is 10.0 Å². The van der Waals surface area contributed by atoms with Crippen molar-refractivity contribution in [1.82, 2.24) is 4.31 Å². The van der Waals surface area contributed by atoms with Crippen molar-refractivity contribution in [3.05, 3.63) is 42.0 Å². The van der Waals surface area contributed by atoms with E-state index in [0.29, 0.717) is 13.1 Å². The van der Waals surface area contributed by atoms with Crippen LogP contribution in [0.3, 0.4) is 0 Å². The van der Waals surface area contributed by atoms with Gasteiger partial charge in [0, 0.05) is 45.8 Å². The third-order valence-corrected chi connectivity index (χ3v) is 4.00. The van der Waals surface area contributed by atoms with Gasteiger partial charge in [-0.3, -0.25) is 0 Å². The van der Waals surface area contributed by atoms with Crippen molar-refractivity contribution in [1.29, 1.82) is 0 Å². The first-order valence-electron chi connectivity index (χ1n) is 5.18. The summed E-state index contributed by atoms with van der Waals surface area (Å²) in [6.07, 6.45) is 4.01. The summed E-state index contributed by atoms with van der Waals surface area (Å²) in [4.78, 5) is 0. The van der Waals surface area contributed by atoms with Crippen molar-refractivity contribution < 1.29 is 41.1 Å². The molecule has 0 atom stereocenters. The van der Waals surface area contributed by atoms with Crippen LogP contribution in [-0.2, 0) is 42.7 Å². The van der Waals surface area contributed by atoms with Crippen LogP contribution in [0, 0.1) is 6.07 Å². The Kier molecular flexibility index (Phi) is 5.51. The van der Waals surface area contributed by atoms with Crippen LogP contribution in [0.25, 0.3) is 5.57 Å². The number of hydrogen-bond donors (Lipinski definition) is 0. The Morgan fingerprint density at radius 2 is 1.94 bits per heavy atom. The number of rotatable bonds is 2. The molecule has 0 N–H and O–H groups in total. The molecule has 0 fully saturated rings. The molecule has 0 aromatic heterocycles. The van der Waals surface area contributed by atoms with Crippen molar-refractivity contribution in [3.8, 4) is 0 Å². The van der Waals surface area contributed by atoms with Gasteiger partial charge >= 0.3 is 0 Å². The molecule has 0 saturated heterocycles. The average molecular weight is 325 g/mol. The molecule has 2 rings (SSSR count). The van der Waals surface area contributed by atoms with Crippen LogP contribution in [0.5, 0.6) is 0 Å². The maximum Gasteiger partial charge on any atom is 0.211 e. The van der Waals surface area contributed by atoms with E-state index in [4.69, 9.17) is 0 Å². The third-order valence-electron chi connectivity index (χ3n) is 2.73. The molecule has 1 radical (unpaired) electrons. The van der Waals surface area contributed by atoms with Crippen LogP contribution in [0.1, 0.15) is 12.0 Å². The zero-order valence-corrected chi connectivity index (χ0v) is 13.4. The number of sulfonamides is 1. The van der Waals surface area contributed by atoms with Gasteiger partial charge in [-0.25, -0.2) is 8.42 Å². The Labute approximate surface area is 128 Å². The van der Waals surface area contributed by atoms with Gasteiger partial charge in [-0.1, -0.05) is 11.6 Å². The van der Waals surface area contributed by atoms with Gasteiger partial charge in [-0.2, -0.15) is 34.6 Å². The molecule has 0 amide bonds. The second kappa shape index (κ2) is 6.23. The topological polar surface area (TPSA) is 37.4 Å². The maximum atomic E-state index is 11.3. The van der Waals surface area contributed by atoms with E-state index in [0.717, 1.165) is 12.0 Å². The fourth-order valence-corrected chi connectivity index (χ4v) is 2.58. The van der Waals surface area contributed by atoms with Gasteiger partial charge in [0.15, 0.2) is 0 Å². The molecule has 0 bridgehead atoms. The Bertz CT molecular complexity index is 496. The molecular formula is C12H14NO2SY-. The molecule has 0 aliphatic carbocycles. The minimum absolute atomic E-state index is 0. The Morgan fingerprint density at radius 3 is 2.41 bits per heavy atom. The largest absolute Gasteiger partial charge is 0.212 e. The van der Waals surface area contributed by atoms with Crippen LogP contribution in [0.2, 0.25) is 0 Å². The molecule has 5 heteroatoms. The Hall–Kier alpha value is -0.0261. The smallest absolute Gasteiger partial charge is 0.211 e. The first kappa shape index (κ1) is 15.0. The summed E-state index contributed by atoms with van der Waals surface area (Å²) in [7, 11) is -3.05. The summed E-state index contributed by atoms with van der Waals surface area (Å²) in [5, 5.41) is 0. The standard InChI is InChI=1S/C12H14NO2S.Y/c1-16(14,15)13-9-7-12(8-10-13)11-5-3-2-4-6-11;/h3-7H,8-10H2,1H3;/q-1;.